The largest absolute Gasteiger partial charge is 0.494 e. The van der Waals surface area contributed by atoms with Crippen LogP contribution in [-0.2, 0) is 4.74 Å². The number of aryl methyl sites for hydroxylation is 2. The number of methoxy groups -OCH3 is 1. The summed E-state index contributed by atoms with van der Waals surface area (Å²) in [5.41, 5.74) is 4.41. The van der Waals surface area contributed by atoms with Crippen LogP contribution in [0.5, 0.6) is 5.75 Å². The molecule has 0 aromatic heterocycles. The molecule has 2 rings (SSSR count). The SMILES string of the molecule is COc1c(C)c(C)cc(C)c1NCC1(CO)COC1. The molecule has 1 aliphatic heterocycles. The number of aliphatic hydroxyl groups excluding tert-OH is 1. The molecule has 1 aromatic rings. The van der Waals surface area contributed by atoms with Crippen molar-refractivity contribution in [3.8, 4) is 5.75 Å². The minimum absolute atomic E-state index is 0.143. The third kappa shape index (κ3) is 2.55. The topological polar surface area (TPSA) is 50.7 Å². The van der Waals surface area contributed by atoms with Crippen LogP contribution >= 0.6 is 0 Å². The van der Waals surface area contributed by atoms with Gasteiger partial charge in [0.2, 0.25) is 0 Å². The summed E-state index contributed by atoms with van der Waals surface area (Å²) in [6.07, 6.45) is 0. The number of rotatable bonds is 5. The Bertz CT molecular complexity index is 461. The Balaban J connectivity index is 2.22. The summed E-state index contributed by atoms with van der Waals surface area (Å²) >= 11 is 0. The Morgan fingerprint density at radius 1 is 1.32 bits per heavy atom. The van der Waals surface area contributed by atoms with E-state index in [1.165, 1.54) is 5.56 Å². The van der Waals surface area contributed by atoms with Crippen LogP contribution < -0.4 is 10.1 Å². The zero-order valence-electron chi connectivity index (χ0n) is 12.2. The molecule has 0 atom stereocenters. The van der Waals surface area contributed by atoms with Crippen molar-refractivity contribution in [1.82, 2.24) is 0 Å². The molecule has 1 saturated heterocycles. The predicted octanol–water partition coefficient (Wildman–Crippen LogP) is 2.04. The van der Waals surface area contributed by atoms with Gasteiger partial charge < -0.3 is 19.9 Å². The fourth-order valence-electron chi connectivity index (χ4n) is 2.44. The van der Waals surface area contributed by atoms with Crippen LogP contribution in [0.15, 0.2) is 6.07 Å². The molecule has 1 heterocycles. The smallest absolute Gasteiger partial charge is 0.145 e. The van der Waals surface area contributed by atoms with E-state index in [2.05, 4.69) is 32.2 Å². The molecule has 1 aliphatic rings. The third-order valence-corrected chi connectivity index (χ3v) is 3.98. The van der Waals surface area contributed by atoms with Gasteiger partial charge in [0.25, 0.3) is 0 Å². The number of ether oxygens (including phenoxy) is 2. The second-order valence-electron chi connectivity index (χ2n) is 5.55. The van der Waals surface area contributed by atoms with Crippen LogP contribution in [-0.4, -0.2) is 38.6 Å². The standard InChI is InChI=1S/C15H23NO3/c1-10-5-11(2)13(14(18-4)12(10)3)16-6-15(7-17)8-19-9-15/h5,16-17H,6-9H2,1-4H3. The van der Waals surface area contributed by atoms with Gasteiger partial charge in [-0.1, -0.05) is 6.07 Å². The van der Waals surface area contributed by atoms with Crippen LogP contribution in [0, 0.1) is 26.2 Å². The fraction of sp³-hybridized carbons (Fsp3) is 0.600. The lowest BCUT2D eigenvalue weighted by Crippen LogP contribution is -2.50. The summed E-state index contributed by atoms with van der Waals surface area (Å²) in [5, 5.41) is 12.9. The van der Waals surface area contributed by atoms with Gasteiger partial charge in [0.05, 0.1) is 38.0 Å². The molecule has 0 bridgehead atoms. The summed E-state index contributed by atoms with van der Waals surface area (Å²) in [7, 11) is 1.70. The molecule has 2 N–H and O–H groups in total. The highest BCUT2D eigenvalue weighted by molar-refractivity contribution is 5.66. The monoisotopic (exact) mass is 265 g/mol. The lowest BCUT2D eigenvalue weighted by atomic mass is 9.87. The minimum atomic E-state index is -0.143. The average Bonchev–Trinajstić information content (AvgIpc) is 2.34. The Hall–Kier alpha value is -1.26. The summed E-state index contributed by atoms with van der Waals surface area (Å²) in [4.78, 5) is 0. The maximum absolute atomic E-state index is 9.46. The van der Waals surface area contributed by atoms with Crippen LogP contribution in [0.1, 0.15) is 16.7 Å². The molecule has 1 aromatic carbocycles. The van der Waals surface area contributed by atoms with Crippen molar-refractivity contribution in [3.05, 3.63) is 22.8 Å². The average molecular weight is 265 g/mol. The Labute approximate surface area is 114 Å². The minimum Gasteiger partial charge on any atom is -0.494 e. The van der Waals surface area contributed by atoms with Gasteiger partial charge in [-0.25, -0.2) is 0 Å². The molecular formula is C15H23NO3. The molecular weight excluding hydrogens is 242 g/mol. The van der Waals surface area contributed by atoms with E-state index in [-0.39, 0.29) is 12.0 Å². The van der Waals surface area contributed by atoms with Crippen molar-refractivity contribution in [1.29, 1.82) is 0 Å². The van der Waals surface area contributed by atoms with E-state index in [4.69, 9.17) is 9.47 Å². The van der Waals surface area contributed by atoms with Crippen molar-refractivity contribution in [3.63, 3.8) is 0 Å². The van der Waals surface area contributed by atoms with Gasteiger partial charge >= 0.3 is 0 Å². The third-order valence-electron chi connectivity index (χ3n) is 3.98. The molecule has 0 unspecified atom stereocenters. The fourth-order valence-corrected chi connectivity index (χ4v) is 2.44. The van der Waals surface area contributed by atoms with E-state index in [0.29, 0.717) is 19.8 Å². The zero-order chi connectivity index (χ0) is 14.0. The van der Waals surface area contributed by atoms with Gasteiger partial charge in [-0.05, 0) is 37.5 Å². The van der Waals surface area contributed by atoms with Gasteiger partial charge in [-0.3, -0.25) is 0 Å². The summed E-state index contributed by atoms with van der Waals surface area (Å²) in [6, 6.07) is 2.16. The van der Waals surface area contributed by atoms with Crippen LogP contribution in [0.2, 0.25) is 0 Å². The molecule has 4 heteroatoms. The predicted molar refractivity (Wildman–Crippen MR) is 76.0 cm³/mol. The van der Waals surface area contributed by atoms with Gasteiger partial charge in [0.1, 0.15) is 5.75 Å². The van der Waals surface area contributed by atoms with Crippen molar-refractivity contribution < 1.29 is 14.6 Å². The first kappa shape index (κ1) is 14.2. The van der Waals surface area contributed by atoms with E-state index >= 15 is 0 Å². The van der Waals surface area contributed by atoms with E-state index in [1.54, 1.807) is 7.11 Å². The normalized spacial score (nSPS) is 16.9. The van der Waals surface area contributed by atoms with E-state index in [1.807, 2.05) is 0 Å². The maximum atomic E-state index is 9.46. The van der Waals surface area contributed by atoms with E-state index in [9.17, 15) is 5.11 Å². The van der Waals surface area contributed by atoms with Crippen LogP contribution in [0.25, 0.3) is 0 Å². The van der Waals surface area contributed by atoms with Crippen molar-refractivity contribution in [2.45, 2.75) is 20.8 Å². The van der Waals surface area contributed by atoms with E-state index < -0.39 is 0 Å². The second-order valence-corrected chi connectivity index (χ2v) is 5.55. The highest BCUT2D eigenvalue weighted by Gasteiger charge is 2.38. The van der Waals surface area contributed by atoms with Crippen LogP contribution in [0.4, 0.5) is 5.69 Å². The first-order valence-electron chi connectivity index (χ1n) is 6.60. The molecule has 1 fully saturated rings. The van der Waals surface area contributed by atoms with Crippen molar-refractivity contribution in [2.75, 3.05) is 38.8 Å². The Morgan fingerprint density at radius 2 is 2.00 bits per heavy atom. The van der Waals surface area contributed by atoms with Gasteiger partial charge in [0.15, 0.2) is 0 Å². The number of hydrogen-bond donors (Lipinski definition) is 2. The molecule has 0 saturated carbocycles. The number of hydrogen-bond acceptors (Lipinski definition) is 4. The summed E-state index contributed by atoms with van der Waals surface area (Å²) in [5.74, 6) is 0.894. The van der Waals surface area contributed by atoms with Crippen molar-refractivity contribution >= 4 is 5.69 Å². The summed E-state index contributed by atoms with van der Waals surface area (Å²) in [6.45, 7) is 8.29. The van der Waals surface area contributed by atoms with Gasteiger partial charge in [0, 0.05) is 6.54 Å². The number of nitrogens with one attached hydrogen (secondary N) is 1. The quantitative estimate of drug-likeness (QED) is 0.855. The lowest BCUT2D eigenvalue weighted by molar-refractivity contribution is -0.128. The molecule has 0 amide bonds. The summed E-state index contributed by atoms with van der Waals surface area (Å²) < 4.78 is 10.7. The zero-order valence-corrected chi connectivity index (χ0v) is 12.2. The van der Waals surface area contributed by atoms with E-state index in [0.717, 1.165) is 22.6 Å². The first-order chi connectivity index (χ1) is 9.03. The second kappa shape index (κ2) is 5.39. The van der Waals surface area contributed by atoms with Crippen LogP contribution in [0.3, 0.4) is 0 Å². The van der Waals surface area contributed by atoms with Gasteiger partial charge in [-0.15, -0.1) is 0 Å². The molecule has 19 heavy (non-hydrogen) atoms. The number of anilines is 1. The highest BCUT2D eigenvalue weighted by Crippen LogP contribution is 2.36. The highest BCUT2D eigenvalue weighted by atomic mass is 16.5. The Morgan fingerprint density at radius 3 is 2.47 bits per heavy atom. The molecule has 0 aliphatic carbocycles. The Kier molecular flexibility index (Phi) is 4.02. The number of benzene rings is 1. The maximum Gasteiger partial charge on any atom is 0.145 e. The number of aliphatic hydroxyl groups is 1. The molecule has 4 nitrogen and oxygen atoms in total. The lowest BCUT2D eigenvalue weighted by Gasteiger charge is -2.40. The van der Waals surface area contributed by atoms with Gasteiger partial charge in [-0.2, -0.15) is 0 Å². The molecule has 0 spiro atoms. The van der Waals surface area contributed by atoms with Crippen molar-refractivity contribution in [2.24, 2.45) is 5.41 Å². The molecule has 0 radical (unpaired) electrons. The first-order valence-corrected chi connectivity index (χ1v) is 6.60. The molecule has 106 valence electrons.